The summed E-state index contributed by atoms with van der Waals surface area (Å²) in [4.78, 5) is 24.6. The summed E-state index contributed by atoms with van der Waals surface area (Å²) in [5, 5.41) is 18.5. The van der Waals surface area contributed by atoms with E-state index in [1.807, 2.05) is 6.92 Å². The standard InChI is InChI=1S/C12H18N4O3/c1-7-9(6-14-15-7)5-13-12(19)16-4-3-10(8(16)2)11(17)18/h6,8,10H,3-5H2,1-2H3,(H,13,19)(H,14,15)(H,17,18). The number of likely N-dealkylation sites (tertiary alicyclic amines) is 1. The summed E-state index contributed by atoms with van der Waals surface area (Å²) in [6.07, 6.45) is 2.18. The van der Waals surface area contributed by atoms with Gasteiger partial charge in [-0.1, -0.05) is 0 Å². The minimum atomic E-state index is -0.839. The topological polar surface area (TPSA) is 98.3 Å². The number of rotatable bonds is 3. The van der Waals surface area contributed by atoms with Crippen LogP contribution in [0.15, 0.2) is 6.20 Å². The van der Waals surface area contributed by atoms with E-state index < -0.39 is 11.9 Å². The van der Waals surface area contributed by atoms with Crippen molar-refractivity contribution in [3.8, 4) is 0 Å². The summed E-state index contributed by atoms with van der Waals surface area (Å²) in [6.45, 7) is 4.53. The van der Waals surface area contributed by atoms with Crippen molar-refractivity contribution in [1.82, 2.24) is 20.4 Å². The molecule has 0 aliphatic carbocycles. The number of carboxylic acid groups (broad SMARTS) is 1. The van der Waals surface area contributed by atoms with E-state index in [1.165, 1.54) is 0 Å². The molecule has 104 valence electrons. The number of aryl methyl sites for hydroxylation is 1. The molecule has 1 aliphatic rings. The molecular weight excluding hydrogens is 248 g/mol. The Morgan fingerprint density at radius 3 is 2.89 bits per heavy atom. The van der Waals surface area contributed by atoms with Crippen molar-refractivity contribution in [2.75, 3.05) is 6.54 Å². The van der Waals surface area contributed by atoms with Gasteiger partial charge in [-0.05, 0) is 20.3 Å². The number of carbonyl (C=O) groups excluding carboxylic acids is 1. The summed E-state index contributed by atoms with van der Waals surface area (Å²) in [5.41, 5.74) is 1.84. The van der Waals surface area contributed by atoms with Crippen molar-refractivity contribution in [3.63, 3.8) is 0 Å². The quantitative estimate of drug-likeness (QED) is 0.750. The van der Waals surface area contributed by atoms with Crippen LogP contribution in [-0.4, -0.2) is 44.8 Å². The van der Waals surface area contributed by atoms with Gasteiger partial charge in [0.25, 0.3) is 0 Å². The van der Waals surface area contributed by atoms with Gasteiger partial charge in [-0.2, -0.15) is 5.10 Å². The van der Waals surface area contributed by atoms with Gasteiger partial charge >= 0.3 is 12.0 Å². The van der Waals surface area contributed by atoms with E-state index in [2.05, 4.69) is 15.5 Å². The van der Waals surface area contributed by atoms with Crippen LogP contribution < -0.4 is 5.32 Å². The molecule has 2 unspecified atom stereocenters. The third-order valence-corrected chi connectivity index (χ3v) is 3.70. The van der Waals surface area contributed by atoms with Crippen LogP contribution in [0.25, 0.3) is 0 Å². The molecule has 7 heteroatoms. The first kappa shape index (κ1) is 13.4. The molecule has 2 atom stereocenters. The Morgan fingerprint density at radius 1 is 1.63 bits per heavy atom. The molecule has 2 rings (SSSR count). The van der Waals surface area contributed by atoms with E-state index >= 15 is 0 Å². The Kier molecular flexibility index (Phi) is 3.73. The van der Waals surface area contributed by atoms with Gasteiger partial charge in [-0.15, -0.1) is 0 Å². The van der Waals surface area contributed by atoms with Crippen molar-refractivity contribution in [3.05, 3.63) is 17.5 Å². The maximum atomic E-state index is 12.0. The fraction of sp³-hybridized carbons (Fsp3) is 0.583. The maximum absolute atomic E-state index is 12.0. The zero-order valence-electron chi connectivity index (χ0n) is 11.0. The first-order chi connectivity index (χ1) is 9.00. The molecule has 2 amide bonds. The Morgan fingerprint density at radius 2 is 2.37 bits per heavy atom. The molecule has 0 saturated carbocycles. The first-order valence-corrected chi connectivity index (χ1v) is 6.27. The van der Waals surface area contributed by atoms with Crippen molar-refractivity contribution in [2.45, 2.75) is 32.9 Å². The van der Waals surface area contributed by atoms with Crippen LogP contribution in [-0.2, 0) is 11.3 Å². The van der Waals surface area contributed by atoms with Crippen molar-refractivity contribution < 1.29 is 14.7 Å². The van der Waals surface area contributed by atoms with Gasteiger partial charge in [-0.3, -0.25) is 9.89 Å². The highest BCUT2D eigenvalue weighted by atomic mass is 16.4. The smallest absolute Gasteiger partial charge is 0.317 e. The molecule has 2 heterocycles. The molecule has 1 fully saturated rings. The summed E-state index contributed by atoms with van der Waals surface area (Å²) < 4.78 is 0. The van der Waals surface area contributed by atoms with E-state index in [-0.39, 0.29) is 12.1 Å². The van der Waals surface area contributed by atoms with Gasteiger partial charge in [0.05, 0.1) is 12.1 Å². The van der Waals surface area contributed by atoms with Crippen LogP contribution in [0.4, 0.5) is 4.79 Å². The van der Waals surface area contributed by atoms with E-state index in [9.17, 15) is 9.59 Å². The Hall–Kier alpha value is -2.05. The minimum Gasteiger partial charge on any atom is -0.481 e. The van der Waals surface area contributed by atoms with Crippen molar-refractivity contribution in [1.29, 1.82) is 0 Å². The zero-order valence-corrected chi connectivity index (χ0v) is 11.0. The van der Waals surface area contributed by atoms with Gasteiger partial charge in [0.2, 0.25) is 0 Å². The second-order valence-corrected chi connectivity index (χ2v) is 4.85. The zero-order chi connectivity index (χ0) is 14.0. The number of aromatic amines is 1. The van der Waals surface area contributed by atoms with Crippen LogP contribution in [0.3, 0.4) is 0 Å². The normalized spacial score (nSPS) is 22.5. The average Bonchev–Trinajstić information content (AvgIpc) is 2.92. The third-order valence-electron chi connectivity index (χ3n) is 3.70. The molecule has 7 nitrogen and oxygen atoms in total. The van der Waals surface area contributed by atoms with E-state index in [1.54, 1.807) is 18.0 Å². The lowest BCUT2D eigenvalue weighted by atomic mass is 10.0. The van der Waals surface area contributed by atoms with Crippen molar-refractivity contribution >= 4 is 12.0 Å². The van der Waals surface area contributed by atoms with Crippen LogP contribution in [0.2, 0.25) is 0 Å². The Balaban J connectivity index is 1.91. The number of H-pyrrole nitrogens is 1. The molecule has 1 aromatic heterocycles. The number of carboxylic acids is 1. The average molecular weight is 266 g/mol. The highest BCUT2D eigenvalue weighted by Gasteiger charge is 2.37. The summed E-state index contributed by atoms with van der Waals surface area (Å²) in [5.74, 6) is -1.31. The number of aliphatic carboxylic acids is 1. The number of carbonyl (C=O) groups is 2. The highest BCUT2D eigenvalue weighted by molar-refractivity contribution is 5.78. The lowest BCUT2D eigenvalue weighted by molar-refractivity contribution is -0.142. The van der Waals surface area contributed by atoms with Crippen LogP contribution in [0, 0.1) is 12.8 Å². The molecule has 1 aromatic rings. The lowest BCUT2D eigenvalue weighted by Crippen LogP contribution is -2.43. The lowest BCUT2D eigenvalue weighted by Gasteiger charge is -2.23. The van der Waals surface area contributed by atoms with Crippen LogP contribution in [0.5, 0.6) is 0 Å². The molecule has 0 bridgehead atoms. The number of hydrogen-bond donors (Lipinski definition) is 3. The van der Waals surface area contributed by atoms with Crippen molar-refractivity contribution in [2.24, 2.45) is 5.92 Å². The number of aromatic nitrogens is 2. The molecule has 19 heavy (non-hydrogen) atoms. The maximum Gasteiger partial charge on any atom is 0.317 e. The second-order valence-electron chi connectivity index (χ2n) is 4.85. The number of hydrogen-bond acceptors (Lipinski definition) is 3. The van der Waals surface area contributed by atoms with Gasteiger partial charge in [0.15, 0.2) is 0 Å². The predicted octanol–water partition coefficient (Wildman–Crippen LogP) is 0.723. The number of nitrogens with one attached hydrogen (secondary N) is 2. The number of nitrogens with zero attached hydrogens (tertiary/aromatic N) is 2. The first-order valence-electron chi connectivity index (χ1n) is 6.27. The fourth-order valence-corrected chi connectivity index (χ4v) is 2.38. The molecule has 1 saturated heterocycles. The molecule has 0 radical (unpaired) electrons. The summed E-state index contributed by atoms with van der Waals surface area (Å²) in [7, 11) is 0. The predicted molar refractivity (Wildman–Crippen MR) is 67.5 cm³/mol. The van der Waals surface area contributed by atoms with Gasteiger partial charge in [-0.25, -0.2) is 4.79 Å². The molecule has 0 spiro atoms. The van der Waals surface area contributed by atoms with Crippen LogP contribution in [0.1, 0.15) is 24.6 Å². The SMILES string of the molecule is Cc1[nH]ncc1CNC(=O)N1CCC(C(=O)O)C1C. The summed E-state index contributed by atoms with van der Waals surface area (Å²) in [6, 6.07) is -0.500. The molecule has 0 aromatic carbocycles. The second kappa shape index (κ2) is 5.29. The minimum absolute atomic E-state index is 0.225. The van der Waals surface area contributed by atoms with E-state index in [0.717, 1.165) is 11.3 Å². The molecule has 1 aliphatic heterocycles. The fourth-order valence-electron chi connectivity index (χ4n) is 2.38. The van der Waals surface area contributed by atoms with Gasteiger partial charge in [0.1, 0.15) is 0 Å². The largest absolute Gasteiger partial charge is 0.481 e. The molecule has 3 N–H and O–H groups in total. The molecular formula is C12H18N4O3. The Labute approximate surface area is 111 Å². The van der Waals surface area contributed by atoms with Gasteiger partial charge in [0, 0.05) is 30.4 Å². The summed E-state index contributed by atoms with van der Waals surface area (Å²) >= 11 is 0. The monoisotopic (exact) mass is 266 g/mol. The number of urea groups is 1. The number of amides is 2. The van der Waals surface area contributed by atoms with E-state index in [4.69, 9.17) is 5.11 Å². The van der Waals surface area contributed by atoms with E-state index in [0.29, 0.717) is 19.5 Å². The highest BCUT2D eigenvalue weighted by Crippen LogP contribution is 2.24. The third kappa shape index (κ3) is 2.69. The Bertz CT molecular complexity index is 485. The van der Waals surface area contributed by atoms with Gasteiger partial charge < -0.3 is 15.3 Å². The van der Waals surface area contributed by atoms with Crippen LogP contribution >= 0.6 is 0 Å².